The second-order valence-corrected chi connectivity index (χ2v) is 5.30. The number of carbonyl (C=O) groups is 3. The number of hydrogen-bond donors (Lipinski definition) is 1. The Kier molecular flexibility index (Phi) is 3.44. The number of allylic oxidation sites excluding steroid dienone is 2. The number of hydrogen-bond acceptors (Lipinski definition) is 5. The van der Waals surface area contributed by atoms with Gasteiger partial charge in [-0.05, 0) is 36.8 Å². The molecule has 0 radical (unpaired) electrons. The predicted octanol–water partition coefficient (Wildman–Crippen LogP) is 3.30. The largest absolute Gasteiger partial charge is 0.449 e. The number of halogens is 1. The third kappa shape index (κ3) is 2.70. The minimum Gasteiger partial charge on any atom is -0.449 e. The van der Waals surface area contributed by atoms with Crippen LogP contribution in [0, 0.1) is 12.7 Å². The number of carbonyl (C=O) groups excluding carboxylic acids is 3. The lowest BCUT2D eigenvalue weighted by atomic mass is 9.99. The Labute approximate surface area is 130 Å². The van der Waals surface area contributed by atoms with Crippen LogP contribution < -0.4 is 5.32 Å². The van der Waals surface area contributed by atoms with E-state index in [9.17, 15) is 18.8 Å². The summed E-state index contributed by atoms with van der Waals surface area (Å²) in [4.78, 5) is 35.8. The summed E-state index contributed by atoms with van der Waals surface area (Å²) in [6, 6.07) is 5.46. The molecule has 1 heterocycles. The molecule has 116 valence electrons. The van der Waals surface area contributed by atoms with Gasteiger partial charge >= 0.3 is 0 Å². The second kappa shape index (κ2) is 5.31. The second-order valence-electron chi connectivity index (χ2n) is 5.30. The van der Waals surface area contributed by atoms with E-state index in [2.05, 4.69) is 5.32 Å². The number of benzene rings is 1. The van der Waals surface area contributed by atoms with Crippen LogP contribution in [0.15, 0.2) is 40.5 Å². The molecule has 23 heavy (non-hydrogen) atoms. The fraction of sp³-hybridized carbons (Fsp3) is 0.118. The molecule has 1 aromatic heterocycles. The van der Waals surface area contributed by atoms with E-state index in [1.807, 2.05) is 0 Å². The highest BCUT2D eigenvalue weighted by Crippen LogP contribution is 2.26. The Morgan fingerprint density at radius 2 is 1.91 bits per heavy atom. The zero-order valence-corrected chi connectivity index (χ0v) is 12.4. The normalized spacial score (nSPS) is 13.6. The molecule has 0 amide bonds. The lowest BCUT2D eigenvalue weighted by Crippen LogP contribution is -2.20. The van der Waals surface area contributed by atoms with Gasteiger partial charge in [0.05, 0.1) is 11.3 Å². The Morgan fingerprint density at radius 1 is 1.17 bits per heavy atom. The minimum absolute atomic E-state index is 0.0306. The van der Waals surface area contributed by atoms with Crippen LogP contribution in [0.1, 0.15) is 44.0 Å². The zero-order valence-electron chi connectivity index (χ0n) is 12.4. The van der Waals surface area contributed by atoms with E-state index in [0.29, 0.717) is 11.3 Å². The molecule has 0 bridgehead atoms. The summed E-state index contributed by atoms with van der Waals surface area (Å²) in [7, 11) is 0. The molecule has 0 aliphatic heterocycles. The van der Waals surface area contributed by atoms with Crippen molar-refractivity contribution in [1.82, 2.24) is 0 Å². The Balaban J connectivity index is 1.96. The van der Waals surface area contributed by atoms with Crippen LogP contribution in [0.25, 0.3) is 0 Å². The average Bonchev–Trinajstić information content (AvgIpc) is 2.89. The summed E-state index contributed by atoms with van der Waals surface area (Å²) in [6.45, 7) is 2.99. The first-order valence-corrected chi connectivity index (χ1v) is 6.85. The van der Waals surface area contributed by atoms with Crippen LogP contribution in [-0.2, 0) is 0 Å². The quantitative estimate of drug-likeness (QED) is 0.880. The van der Waals surface area contributed by atoms with E-state index in [0.717, 1.165) is 6.08 Å². The van der Waals surface area contributed by atoms with E-state index in [-0.39, 0.29) is 28.6 Å². The summed E-state index contributed by atoms with van der Waals surface area (Å²) in [5.74, 6) is -2.08. The van der Waals surface area contributed by atoms with Crippen molar-refractivity contribution in [1.29, 1.82) is 0 Å². The van der Waals surface area contributed by atoms with Crippen LogP contribution in [0.2, 0.25) is 0 Å². The molecule has 0 fully saturated rings. The maximum absolute atomic E-state index is 13.4. The van der Waals surface area contributed by atoms with Crippen molar-refractivity contribution in [2.75, 3.05) is 5.32 Å². The molecule has 1 aromatic carbocycles. The molecule has 0 saturated carbocycles. The number of rotatable bonds is 3. The Hall–Kier alpha value is -3.02. The highest BCUT2D eigenvalue weighted by molar-refractivity contribution is 6.24. The van der Waals surface area contributed by atoms with E-state index in [1.54, 1.807) is 13.0 Å². The molecular weight excluding hydrogens is 301 g/mol. The van der Waals surface area contributed by atoms with Gasteiger partial charge in [-0.1, -0.05) is 0 Å². The van der Waals surface area contributed by atoms with Gasteiger partial charge in [-0.25, -0.2) is 4.39 Å². The third-order valence-corrected chi connectivity index (χ3v) is 3.39. The predicted molar refractivity (Wildman–Crippen MR) is 80.2 cm³/mol. The van der Waals surface area contributed by atoms with Crippen LogP contribution >= 0.6 is 0 Å². The molecule has 0 atom stereocenters. The van der Waals surface area contributed by atoms with Crippen molar-refractivity contribution in [3.05, 3.63) is 64.5 Å². The maximum atomic E-state index is 13.4. The van der Waals surface area contributed by atoms with Gasteiger partial charge in [-0.2, -0.15) is 0 Å². The van der Waals surface area contributed by atoms with Gasteiger partial charge in [0.25, 0.3) is 0 Å². The number of furan rings is 1. The van der Waals surface area contributed by atoms with Crippen molar-refractivity contribution in [3.8, 4) is 0 Å². The number of nitrogens with one attached hydrogen (secondary N) is 1. The summed E-state index contributed by atoms with van der Waals surface area (Å²) in [5.41, 5.74) is 1.04. The van der Waals surface area contributed by atoms with Crippen molar-refractivity contribution in [2.45, 2.75) is 13.8 Å². The van der Waals surface area contributed by atoms with E-state index in [1.165, 1.54) is 25.1 Å². The van der Waals surface area contributed by atoms with E-state index < -0.39 is 17.4 Å². The number of fused-ring (bicyclic) bond motifs is 1. The van der Waals surface area contributed by atoms with Gasteiger partial charge < -0.3 is 9.73 Å². The standard InChI is InChI=1S/C17H12FNO4/c1-8-3-10(18)5-11(4-8)19-13-7-14(21)12-6-15(9(2)20)23-17(12)16(13)22/h3-7,19H,1-2H3. The molecule has 0 saturated heterocycles. The monoisotopic (exact) mass is 313 g/mol. The van der Waals surface area contributed by atoms with Crippen LogP contribution in [0.4, 0.5) is 10.1 Å². The molecule has 0 unspecified atom stereocenters. The molecule has 1 aliphatic rings. The topological polar surface area (TPSA) is 76.4 Å². The van der Waals surface area contributed by atoms with Gasteiger partial charge in [0.1, 0.15) is 5.82 Å². The van der Waals surface area contributed by atoms with Gasteiger partial charge in [0.2, 0.25) is 5.78 Å². The molecule has 1 N–H and O–H groups in total. The highest BCUT2D eigenvalue weighted by atomic mass is 19.1. The summed E-state index contributed by atoms with van der Waals surface area (Å²) in [6.07, 6.45) is 1.12. The zero-order chi connectivity index (χ0) is 16.7. The average molecular weight is 313 g/mol. The first-order chi connectivity index (χ1) is 10.8. The number of aryl methyl sites for hydroxylation is 1. The lowest BCUT2D eigenvalue weighted by molar-refractivity contribution is 0.0950. The molecule has 0 spiro atoms. The SMILES string of the molecule is CC(=O)c1cc2c(o1)C(=O)C(Nc1cc(C)cc(F)c1)=CC2=O. The summed E-state index contributed by atoms with van der Waals surface area (Å²) in [5, 5.41) is 2.73. The fourth-order valence-corrected chi connectivity index (χ4v) is 2.37. The molecule has 6 heteroatoms. The first kappa shape index (κ1) is 14.9. The first-order valence-electron chi connectivity index (χ1n) is 6.85. The highest BCUT2D eigenvalue weighted by Gasteiger charge is 2.31. The minimum atomic E-state index is -0.561. The lowest BCUT2D eigenvalue weighted by Gasteiger charge is -2.13. The summed E-state index contributed by atoms with van der Waals surface area (Å²) < 4.78 is 18.6. The Bertz CT molecular complexity index is 872. The van der Waals surface area contributed by atoms with Crippen molar-refractivity contribution in [2.24, 2.45) is 0 Å². The molecule has 5 nitrogen and oxygen atoms in total. The van der Waals surface area contributed by atoms with E-state index in [4.69, 9.17) is 4.42 Å². The number of Topliss-reactive ketones (excluding diaryl/α,β-unsaturated/α-hetero) is 2. The van der Waals surface area contributed by atoms with Crippen LogP contribution in [0.5, 0.6) is 0 Å². The van der Waals surface area contributed by atoms with Gasteiger partial charge in [0, 0.05) is 18.7 Å². The van der Waals surface area contributed by atoms with Crippen molar-refractivity contribution in [3.63, 3.8) is 0 Å². The van der Waals surface area contributed by atoms with Gasteiger partial charge in [-0.3, -0.25) is 14.4 Å². The van der Waals surface area contributed by atoms with Crippen LogP contribution in [0.3, 0.4) is 0 Å². The number of ketones is 3. The van der Waals surface area contributed by atoms with Crippen LogP contribution in [-0.4, -0.2) is 17.3 Å². The van der Waals surface area contributed by atoms with Gasteiger partial charge in [0.15, 0.2) is 23.1 Å². The number of anilines is 1. The maximum Gasteiger partial charge on any atom is 0.245 e. The third-order valence-electron chi connectivity index (χ3n) is 3.39. The fourth-order valence-electron chi connectivity index (χ4n) is 2.37. The molecular formula is C17H12FNO4. The van der Waals surface area contributed by atoms with Gasteiger partial charge in [-0.15, -0.1) is 0 Å². The van der Waals surface area contributed by atoms with E-state index >= 15 is 0 Å². The smallest absolute Gasteiger partial charge is 0.245 e. The Morgan fingerprint density at radius 3 is 2.57 bits per heavy atom. The van der Waals surface area contributed by atoms with Crippen molar-refractivity contribution < 1.29 is 23.2 Å². The molecule has 2 aromatic rings. The molecule has 3 rings (SSSR count). The summed E-state index contributed by atoms with van der Waals surface area (Å²) >= 11 is 0. The molecule has 1 aliphatic carbocycles. The van der Waals surface area contributed by atoms with Crippen molar-refractivity contribution >= 4 is 23.0 Å².